The molecule has 6 aromatic rings. The van der Waals surface area contributed by atoms with Crippen LogP contribution in [-0.4, -0.2) is 51.8 Å². The van der Waals surface area contributed by atoms with E-state index in [1.165, 1.54) is 24.0 Å². The first-order valence-electron chi connectivity index (χ1n) is 17.7. The molecule has 0 amide bonds. The van der Waals surface area contributed by atoms with E-state index in [1.54, 1.807) is 0 Å². The topological polar surface area (TPSA) is 97.6 Å². The number of para-hydroxylation sites is 2. The predicted molar refractivity (Wildman–Crippen MR) is 195 cm³/mol. The van der Waals surface area contributed by atoms with Gasteiger partial charge in [0.2, 0.25) is 5.89 Å². The Morgan fingerprint density at radius 1 is 0.796 bits per heavy atom. The van der Waals surface area contributed by atoms with Crippen molar-refractivity contribution in [2.75, 3.05) is 19.6 Å². The number of oxazole rings is 1. The number of nitrogens with zero attached hydrogens (tertiary/aromatic N) is 3. The Labute approximate surface area is 287 Å². The lowest BCUT2D eigenvalue weighted by atomic mass is 9.71. The fourth-order valence-corrected chi connectivity index (χ4v) is 7.85. The average molecular weight is 653 g/mol. The van der Waals surface area contributed by atoms with Gasteiger partial charge in [0.25, 0.3) is 0 Å². The van der Waals surface area contributed by atoms with Gasteiger partial charge in [-0.05, 0) is 109 Å². The van der Waals surface area contributed by atoms with E-state index in [2.05, 4.69) is 75.5 Å². The molecular formula is C42H44N4O3. The molecule has 7 nitrogen and oxygen atoms in total. The van der Waals surface area contributed by atoms with Gasteiger partial charge in [-0.25, -0.2) is 4.98 Å². The summed E-state index contributed by atoms with van der Waals surface area (Å²) in [6, 6.07) is 35.1. The number of fused-ring (bicyclic) bond motifs is 5. The molecule has 3 N–H and O–H groups in total. The van der Waals surface area contributed by atoms with Gasteiger partial charge in [0.15, 0.2) is 5.58 Å². The fourth-order valence-electron chi connectivity index (χ4n) is 7.85. The largest absolute Gasteiger partial charge is 0.436 e. The molecule has 2 aromatic heterocycles. The van der Waals surface area contributed by atoms with Crippen LogP contribution in [0.2, 0.25) is 0 Å². The van der Waals surface area contributed by atoms with E-state index in [0.29, 0.717) is 18.4 Å². The molecule has 3 atom stereocenters. The van der Waals surface area contributed by atoms with E-state index >= 15 is 0 Å². The van der Waals surface area contributed by atoms with Crippen LogP contribution in [0.1, 0.15) is 49.7 Å². The number of ether oxygens (including phenoxy) is 1. The number of hydrogen-bond donors (Lipinski definition) is 2. The number of pyridine rings is 1. The Hall–Kier alpha value is -4.40. The van der Waals surface area contributed by atoms with Crippen LogP contribution < -0.4 is 5.73 Å². The summed E-state index contributed by atoms with van der Waals surface area (Å²) in [6.07, 6.45) is 8.81. The Kier molecular flexibility index (Phi) is 9.00. The molecule has 4 aliphatic rings. The van der Waals surface area contributed by atoms with E-state index in [9.17, 15) is 5.11 Å². The van der Waals surface area contributed by atoms with Crippen LogP contribution in [-0.2, 0) is 16.9 Å². The van der Waals surface area contributed by atoms with Gasteiger partial charge in [-0.2, -0.15) is 0 Å². The van der Waals surface area contributed by atoms with E-state index in [4.69, 9.17) is 14.9 Å². The van der Waals surface area contributed by atoms with Crippen LogP contribution in [0, 0.1) is 5.92 Å². The number of rotatable bonds is 6. The second-order valence-electron chi connectivity index (χ2n) is 13.9. The van der Waals surface area contributed by atoms with E-state index < -0.39 is 5.60 Å². The van der Waals surface area contributed by atoms with Crippen molar-refractivity contribution in [3.8, 4) is 22.6 Å². The van der Waals surface area contributed by atoms with Crippen LogP contribution >= 0.6 is 0 Å². The highest BCUT2D eigenvalue weighted by atomic mass is 16.5. The molecule has 0 radical (unpaired) electrons. The average Bonchev–Trinajstić information content (AvgIpc) is 3.60. The van der Waals surface area contributed by atoms with Crippen molar-refractivity contribution >= 4 is 22.0 Å². The highest BCUT2D eigenvalue weighted by Crippen LogP contribution is 2.43. The maximum atomic E-state index is 11.3. The van der Waals surface area contributed by atoms with Crippen LogP contribution in [0.4, 0.5) is 0 Å². The van der Waals surface area contributed by atoms with Crippen molar-refractivity contribution < 1.29 is 14.3 Å². The SMILES string of the molecule is N[C@@H]1CCCC[C@H]1OCc1ccc(-c2nc3ccccc3o2)cc1.OC1(c2ccc(-c3ccc4ncccc4c3)cc2)CN2CCC1CC2. The maximum absolute atomic E-state index is 11.3. The summed E-state index contributed by atoms with van der Waals surface area (Å²) in [7, 11) is 0. The summed E-state index contributed by atoms with van der Waals surface area (Å²) in [5.41, 5.74) is 13.7. The van der Waals surface area contributed by atoms with Gasteiger partial charge in [0, 0.05) is 29.7 Å². The number of nitrogens with two attached hydrogens (primary N) is 1. The fraction of sp³-hybridized carbons (Fsp3) is 0.333. The summed E-state index contributed by atoms with van der Waals surface area (Å²) in [6.45, 7) is 3.65. The Morgan fingerprint density at radius 3 is 2.31 bits per heavy atom. The second-order valence-corrected chi connectivity index (χ2v) is 13.9. The number of benzene rings is 4. The van der Waals surface area contributed by atoms with Gasteiger partial charge in [-0.15, -0.1) is 0 Å². The smallest absolute Gasteiger partial charge is 0.227 e. The number of aromatic nitrogens is 2. The quantitative estimate of drug-likeness (QED) is 0.188. The van der Waals surface area contributed by atoms with Crippen molar-refractivity contribution in [2.24, 2.45) is 11.7 Å². The van der Waals surface area contributed by atoms with Gasteiger partial charge in [0.1, 0.15) is 11.1 Å². The normalized spacial score (nSPS) is 24.9. The highest BCUT2D eigenvalue weighted by Gasteiger charge is 2.46. The number of piperidine rings is 3. The summed E-state index contributed by atoms with van der Waals surface area (Å²) < 4.78 is 11.8. The Bertz CT molecular complexity index is 1980. The number of hydrogen-bond acceptors (Lipinski definition) is 7. The lowest BCUT2D eigenvalue weighted by Gasteiger charge is -2.50. The zero-order chi connectivity index (χ0) is 33.2. The predicted octanol–water partition coefficient (Wildman–Crippen LogP) is 8.10. The van der Waals surface area contributed by atoms with Crippen LogP contribution in [0.5, 0.6) is 0 Å². The first-order valence-corrected chi connectivity index (χ1v) is 17.7. The minimum Gasteiger partial charge on any atom is -0.436 e. The van der Waals surface area contributed by atoms with Crippen molar-refractivity contribution in [1.29, 1.82) is 0 Å². The zero-order valence-corrected chi connectivity index (χ0v) is 27.9. The first kappa shape index (κ1) is 31.8. The first-order chi connectivity index (χ1) is 24.0. The van der Waals surface area contributed by atoms with Gasteiger partial charge >= 0.3 is 0 Å². The van der Waals surface area contributed by atoms with Crippen LogP contribution in [0.15, 0.2) is 114 Å². The molecule has 7 heteroatoms. The third-order valence-electron chi connectivity index (χ3n) is 10.8. The minimum absolute atomic E-state index is 0.178. The lowest BCUT2D eigenvalue weighted by molar-refractivity contribution is -0.117. The summed E-state index contributed by atoms with van der Waals surface area (Å²) in [5, 5.41) is 12.4. The third kappa shape index (κ3) is 6.77. The Balaban J connectivity index is 0.000000142. The lowest BCUT2D eigenvalue weighted by Crippen LogP contribution is -2.57. The molecule has 5 heterocycles. The van der Waals surface area contributed by atoms with Crippen molar-refractivity contribution in [2.45, 2.75) is 62.9 Å². The molecule has 1 aliphatic carbocycles. The van der Waals surface area contributed by atoms with Crippen LogP contribution in [0.3, 0.4) is 0 Å². The number of aliphatic hydroxyl groups is 1. The van der Waals surface area contributed by atoms with Crippen LogP contribution in [0.25, 0.3) is 44.6 Å². The molecule has 3 saturated heterocycles. The van der Waals surface area contributed by atoms with Gasteiger partial charge in [-0.3, -0.25) is 4.98 Å². The monoisotopic (exact) mass is 652 g/mol. The zero-order valence-electron chi connectivity index (χ0n) is 27.9. The van der Waals surface area contributed by atoms with Gasteiger partial charge < -0.3 is 24.9 Å². The molecule has 10 rings (SSSR count). The Morgan fingerprint density at radius 2 is 1.55 bits per heavy atom. The molecule has 4 fully saturated rings. The van der Waals surface area contributed by atoms with Crippen molar-refractivity contribution in [3.05, 3.63) is 120 Å². The van der Waals surface area contributed by atoms with Crippen molar-refractivity contribution in [1.82, 2.24) is 14.9 Å². The molecule has 4 aromatic carbocycles. The third-order valence-corrected chi connectivity index (χ3v) is 10.8. The van der Waals surface area contributed by atoms with Crippen molar-refractivity contribution in [3.63, 3.8) is 0 Å². The van der Waals surface area contributed by atoms with E-state index in [0.717, 1.165) is 84.0 Å². The summed E-state index contributed by atoms with van der Waals surface area (Å²) in [4.78, 5) is 11.3. The molecule has 250 valence electrons. The molecular weight excluding hydrogens is 608 g/mol. The maximum Gasteiger partial charge on any atom is 0.227 e. The summed E-state index contributed by atoms with van der Waals surface area (Å²) in [5.74, 6) is 1.05. The highest BCUT2D eigenvalue weighted by molar-refractivity contribution is 5.84. The van der Waals surface area contributed by atoms with E-state index in [-0.39, 0.29) is 12.1 Å². The molecule has 1 saturated carbocycles. The molecule has 3 aliphatic heterocycles. The van der Waals surface area contributed by atoms with E-state index in [1.807, 2.05) is 48.7 Å². The van der Waals surface area contributed by atoms with Gasteiger partial charge in [-0.1, -0.05) is 73.5 Å². The standard InChI is InChI=1S/C22H22N2O.C20H22N2O2/c25-22(15-24-12-9-20(22)10-13-24)19-6-3-16(4-7-19)17-5-8-21-18(14-17)2-1-11-23-21;21-16-5-1-3-7-18(16)23-13-14-9-11-15(12-10-14)20-22-17-6-2-4-8-19(17)24-20/h1-8,11,14,20,25H,9-10,12-13,15H2;2,4,6,8-12,16,18H,1,3,5,7,13,21H2/t;16-,18-/m.1/s1. The molecule has 2 bridgehead atoms. The molecule has 1 unspecified atom stereocenters. The van der Waals surface area contributed by atoms with Gasteiger partial charge in [0.05, 0.1) is 18.2 Å². The molecule has 49 heavy (non-hydrogen) atoms. The molecule has 0 spiro atoms. The second kappa shape index (κ2) is 13.8. The summed E-state index contributed by atoms with van der Waals surface area (Å²) >= 11 is 0. The minimum atomic E-state index is -0.678.